The number of carbonyl (C=O) groups is 1. The molecule has 146 valence electrons. The van der Waals surface area contributed by atoms with Crippen molar-refractivity contribution < 1.29 is 9.53 Å². The number of nitrogens with zero attached hydrogens (tertiary/aromatic N) is 4. The van der Waals surface area contributed by atoms with Gasteiger partial charge < -0.3 is 10.1 Å². The van der Waals surface area contributed by atoms with Crippen molar-refractivity contribution in [1.29, 1.82) is 0 Å². The monoisotopic (exact) mass is 388 g/mol. The van der Waals surface area contributed by atoms with Gasteiger partial charge in [-0.3, -0.25) is 9.89 Å². The Kier molecular flexibility index (Phi) is 5.07. The normalized spacial score (nSPS) is 11.8. The van der Waals surface area contributed by atoms with E-state index in [9.17, 15) is 4.79 Å². The Morgan fingerprint density at radius 1 is 1.14 bits per heavy atom. The number of methoxy groups -OCH3 is 1. The fraction of sp³-hybridized carbons (Fsp3) is 0.143. The third-order valence-electron chi connectivity index (χ3n) is 4.69. The van der Waals surface area contributed by atoms with Crippen LogP contribution in [0.2, 0.25) is 0 Å². The van der Waals surface area contributed by atoms with Crippen LogP contribution in [0, 0.1) is 0 Å². The number of amides is 1. The van der Waals surface area contributed by atoms with E-state index >= 15 is 0 Å². The topological polar surface area (TPSA) is 97.7 Å². The Labute approximate surface area is 167 Å². The Morgan fingerprint density at radius 3 is 2.55 bits per heavy atom. The standard InChI is InChI=1S/C21H20N6O2/c1-14(15-3-7-17(8-4-15)27-13-22-12-24-27)25-21(28)19-11-23-26-20(19)16-5-9-18(29-2)10-6-16/h3-14H,1-2H3,(H,23,26)(H,25,28). The van der Waals surface area contributed by atoms with Crippen molar-refractivity contribution in [1.82, 2.24) is 30.3 Å². The minimum Gasteiger partial charge on any atom is -0.497 e. The number of benzene rings is 2. The van der Waals surface area contributed by atoms with Gasteiger partial charge in [0, 0.05) is 5.56 Å². The van der Waals surface area contributed by atoms with E-state index in [1.54, 1.807) is 18.1 Å². The lowest BCUT2D eigenvalue weighted by Gasteiger charge is -2.15. The number of ether oxygens (including phenoxy) is 1. The van der Waals surface area contributed by atoms with E-state index in [0.717, 1.165) is 22.6 Å². The molecule has 1 atom stereocenters. The maximum absolute atomic E-state index is 12.8. The van der Waals surface area contributed by atoms with E-state index in [4.69, 9.17) is 4.74 Å². The first-order valence-electron chi connectivity index (χ1n) is 9.09. The van der Waals surface area contributed by atoms with Crippen LogP contribution in [0.3, 0.4) is 0 Å². The van der Waals surface area contributed by atoms with Gasteiger partial charge in [0.05, 0.1) is 36.3 Å². The summed E-state index contributed by atoms with van der Waals surface area (Å²) in [6, 6.07) is 15.1. The fourth-order valence-corrected chi connectivity index (χ4v) is 3.05. The average Bonchev–Trinajstić information content (AvgIpc) is 3.46. The van der Waals surface area contributed by atoms with Gasteiger partial charge in [-0.05, 0) is 48.9 Å². The molecular weight excluding hydrogens is 368 g/mol. The van der Waals surface area contributed by atoms with Crippen molar-refractivity contribution >= 4 is 5.91 Å². The lowest BCUT2D eigenvalue weighted by molar-refractivity contribution is 0.0940. The molecule has 0 aliphatic heterocycles. The summed E-state index contributed by atoms with van der Waals surface area (Å²) in [5.74, 6) is 0.555. The molecule has 4 aromatic rings. The molecule has 8 nitrogen and oxygen atoms in total. The lowest BCUT2D eigenvalue weighted by atomic mass is 10.1. The van der Waals surface area contributed by atoms with E-state index in [2.05, 4.69) is 25.6 Å². The van der Waals surface area contributed by atoms with Crippen molar-refractivity contribution in [3.05, 3.63) is 78.5 Å². The minimum atomic E-state index is -0.197. The number of hydrogen-bond donors (Lipinski definition) is 2. The Balaban J connectivity index is 1.49. The van der Waals surface area contributed by atoms with E-state index in [0.29, 0.717) is 11.3 Å². The van der Waals surface area contributed by atoms with Crippen LogP contribution in [0.5, 0.6) is 5.75 Å². The second kappa shape index (κ2) is 7.97. The summed E-state index contributed by atoms with van der Waals surface area (Å²) in [5, 5.41) is 14.1. The predicted octanol–water partition coefficient (Wildman–Crippen LogP) is 3.16. The molecule has 0 radical (unpaired) electrons. The summed E-state index contributed by atoms with van der Waals surface area (Å²) < 4.78 is 6.86. The van der Waals surface area contributed by atoms with Gasteiger partial charge in [-0.25, -0.2) is 9.67 Å². The number of H-pyrrole nitrogens is 1. The van der Waals surface area contributed by atoms with Gasteiger partial charge in [0.1, 0.15) is 18.4 Å². The largest absolute Gasteiger partial charge is 0.497 e. The lowest BCUT2D eigenvalue weighted by Crippen LogP contribution is -2.26. The van der Waals surface area contributed by atoms with Crippen molar-refractivity contribution in [2.75, 3.05) is 7.11 Å². The number of aromatic nitrogens is 5. The highest BCUT2D eigenvalue weighted by molar-refractivity contribution is 5.99. The van der Waals surface area contributed by atoms with E-state index in [-0.39, 0.29) is 11.9 Å². The van der Waals surface area contributed by atoms with Crippen molar-refractivity contribution in [3.8, 4) is 22.7 Å². The Bertz CT molecular complexity index is 1090. The summed E-state index contributed by atoms with van der Waals surface area (Å²) in [6.45, 7) is 1.94. The second-order valence-electron chi connectivity index (χ2n) is 6.51. The van der Waals surface area contributed by atoms with Crippen LogP contribution < -0.4 is 10.1 Å². The zero-order valence-electron chi connectivity index (χ0n) is 16.0. The highest BCUT2D eigenvalue weighted by Crippen LogP contribution is 2.24. The maximum atomic E-state index is 12.8. The highest BCUT2D eigenvalue weighted by Gasteiger charge is 2.18. The van der Waals surface area contributed by atoms with Crippen LogP contribution in [-0.4, -0.2) is 38.0 Å². The number of carbonyl (C=O) groups excluding carboxylic acids is 1. The van der Waals surface area contributed by atoms with Gasteiger partial charge in [0.15, 0.2) is 0 Å². The molecule has 0 fully saturated rings. The highest BCUT2D eigenvalue weighted by atomic mass is 16.5. The summed E-state index contributed by atoms with van der Waals surface area (Å²) in [5.41, 5.74) is 3.90. The first-order chi connectivity index (χ1) is 14.2. The maximum Gasteiger partial charge on any atom is 0.255 e. The Hall–Kier alpha value is -3.94. The summed E-state index contributed by atoms with van der Waals surface area (Å²) in [7, 11) is 1.62. The van der Waals surface area contributed by atoms with Gasteiger partial charge in [-0.2, -0.15) is 10.2 Å². The van der Waals surface area contributed by atoms with E-state index in [1.807, 2.05) is 55.5 Å². The molecule has 1 amide bonds. The fourth-order valence-electron chi connectivity index (χ4n) is 3.05. The van der Waals surface area contributed by atoms with Crippen LogP contribution in [-0.2, 0) is 0 Å². The third kappa shape index (κ3) is 3.86. The van der Waals surface area contributed by atoms with Gasteiger partial charge in [-0.15, -0.1) is 0 Å². The number of rotatable bonds is 6. The van der Waals surface area contributed by atoms with E-state index in [1.165, 1.54) is 12.5 Å². The van der Waals surface area contributed by atoms with Crippen molar-refractivity contribution in [2.24, 2.45) is 0 Å². The van der Waals surface area contributed by atoms with Crippen LogP contribution in [0.4, 0.5) is 0 Å². The zero-order valence-corrected chi connectivity index (χ0v) is 16.0. The Morgan fingerprint density at radius 2 is 1.90 bits per heavy atom. The van der Waals surface area contributed by atoms with Gasteiger partial charge in [0.2, 0.25) is 0 Å². The predicted molar refractivity (Wildman–Crippen MR) is 108 cm³/mol. The molecule has 2 N–H and O–H groups in total. The molecule has 2 aromatic carbocycles. The summed E-state index contributed by atoms with van der Waals surface area (Å²) >= 11 is 0. The molecule has 0 saturated heterocycles. The molecular formula is C21H20N6O2. The van der Waals surface area contributed by atoms with Crippen molar-refractivity contribution in [3.63, 3.8) is 0 Å². The molecule has 1 unspecified atom stereocenters. The number of aromatic amines is 1. The summed E-state index contributed by atoms with van der Waals surface area (Å²) in [6.07, 6.45) is 4.66. The van der Waals surface area contributed by atoms with Crippen LogP contribution >= 0.6 is 0 Å². The molecule has 0 saturated carbocycles. The minimum absolute atomic E-state index is 0.175. The van der Waals surface area contributed by atoms with Crippen molar-refractivity contribution in [2.45, 2.75) is 13.0 Å². The molecule has 4 rings (SSSR count). The molecule has 2 heterocycles. The molecule has 0 aliphatic rings. The second-order valence-corrected chi connectivity index (χ2v) is 6.51. The molecule has 0 bridgehead atoms. The van der Waals surface area contributed by atoms with E-state index < -0.39 is 0 Å². The average molecular weight is 388 g/mol. The molecule has 0 spiro atoms. The molecule has 2 aromatic heterocycles. The zero-order chi connectivity index (χ0) is 20.2. The van der Waals surface area contributed by atoms with Crippen LogP contribution in [0.1, 0.15) is 28.9 Å². The number of nitrogens with one attached hydrogen (secondary N) is 2. The third-order valence-corrected chi connectivity index (χ3v) is 4.69. The van der Waals surface area contributed by atoms with Gasteiger partial charge in [0.25, 0.3) is 5.91 Å². The quantitative estimate of drug-likeness (QED) is 0.529. The SMILES string of the molecule is COc1ccc(-c2[nH]ncc2C(=O)NC(C)c2ccc(-n3cncn3)cc2)cc1. The van der Waals surface area contributed by atoms with Gasteiger partial charge >= 0.3 is 0 Å². The first kappa shape index (κ1) is 18.4. The van der Waals surface area contributed by atoms with Gasteiger partial charge in [-0.1, -0.05) is 12.1 Å². The molecule has 29 heavy (non-hydrogen) atoms. The smallest absolute Gasteiger partial charge is 0.255 e. The van der Waals surface area contributed by atoms with Crippen LogP contribution in [0.15, 0.2) is 67.4 Å². The first-order valence-corrected chi connectivity index (χ1v) is 9.09. The number of hydrogen-bond acceptors (Lipinski definition) is 5. The molecule has 8 heteroatoms. The van der Waals surface area contributed by atoms with Crippen LogP contribution in [0.25, 0.3) is 16.9 Å². The molecule has 0 aliphatic carbocycles. The summed E-state index contributed by atoms with van der Waals surface area (Å²) in [4.78, 5) is 16.8.